The van der Waals surface area contributed by atoms with Crippen LogP contribution in [0.1, 0.15) is 62.8 Å². The smallest absolute Gasteiger partial charge is 0.170 e. The molecule has 1 aliphatic heterocycles. The quantitative estimate of drug-likeness (QED) is 0.761. The lowest BCUT2D eigenvalue weighted by Crippen LogP contribution is -2.32. The Morgan fingerprint density at radius 2 is 1.71 bits per heavy atom. The van der Waals surface area contributed by atoms with Gasteiger partial charge in [0.15, 0.2) is 11.6 Å². The van der Waals surface area contributed by atoms with Crippen molar-refractivity contribution in [3.8, 4) is 0 Å². The van der Waals surface area contributed by atoms with Crippen molar-refractivity contribution in [1.82, 2.24) is 0 Å². The van der Waals surface area contributed by atoms with Crippen LogP contribution in [0.3, 0.4) is 0 Å². The van der Waals surface area contributed by atoms with E-state index in [2.05, 4.69) is 32.9 Å². The predicted molar refractivity (Wildman–Crippen MR) is 109 cm³/mol. The van der Waals surface area contributed by atoms with Crippen molar-refractivity contribution in [2.24, 2.45) is 11.8 Å². The van der Waals surface area contributed by atoms with E-state index in [1.807, 2.05) is 13.8 Å². The Morgan fingerprint density at radius 3 is 2.21 bits per heavy atom. The van der Waals surface area contributed by atoms with E-state index < -0.39 is 5.79 Å². The summed E-state index contributed by atoms with van der Waals surface area (Å²) >= 11 is 0. The molecule has 28 heavy (non-hydrogen) atoms. The highest BCUT2D eigenvalue weighted by atomic mass is 16.8. The number of hydrogen-bond acceptors (Lipinski definition) is 4. The lowest BCUT2D eigenvalue weighted by atomic mass is 9.86. The summed E-state index contributed by atoms with van der Waals surface area (Å²) in [6.45, 7) is 10.9. The van der Waals surface area contributed by atoms with Crippen molar-refractivity contribution >= 4 is 11.4 Å². The monoisotopic (exact) mass is 384 g/mol. The van der Waals surface area contributed by atoms with Crippen LogP contribution in [0.2, 0.25) is 0 Å². The molecule has 1 heterocycles. The molecule has 2 fully saturated rings. The summed E-state index contributed by atoms with van der Waals surface area (Å²) in [7, 11) is 1.71. The molecule has 3 aliphatic rings. The molecule has 1 aromatic carbocycles. The number of fused-ring (bicyclic) bond motifs is 1. The zero-order valence-electron chi connectivity index (χ0n) is 18.0. The highest BCUT2D eigenvalue weighted by Crippen LogP contribution is 2.56. The highest BCUT2D eigenvalue weighted by molar-refractivity contribution is 6.25. The summed E-state index contributed by atoms with van der Waals surface area (Å²) in [5.41, 5.74) is 5.31. The van der Waals surface area contributed by atoms with Gasteiger partial charge in [0.1, 0.15) is 5.76 Å². The summed E-state index contributed by atoms with van der Waals surface area (Å²) < 4.78 is 18.0. The maximum atomic E-state index is 13.6. The molecule has 3 unspecified atom stereocenters. The lowest BCUT2D eigenvalue weighted by molar-refractivity contribution is -0.161. The van der Waals surface area contributed by atoms with E-state index in [4.69, 9.17) is 14.2 Å². The number of carbonyl (C=O) groups is 1. The fourth-order valence-electron chi connectivity index (χ4n) is 5.62. The number of hydrogen-bond donors (Lipinski definition) is 0. The third-order valence-corrected chi connectivity index (χ3v) is 6.66. The maximum Gasteiger partial charge on any atom is 0.170 e. The Morgan fingerprint density at radius 1 is 1.11 bits per heavy atom. The molecule has 3 atom stereocenters. The van der Waals surface area contributed by atoms with Crippen molar-refractivity contribution in [3.05, 3.63) is 40.1 Å². The molecule has 1 saturated carbocycles. The molecule has 4 rings (SSSR count). The first-order valence-corrected chi connectivity index (χ1v) is 10.5. The molecular formula is C24H32O4. The first kappa shape index (κ1) is 19.7. The molecule has 1 saturated heterocycles. The first-order chi connectivity index (χ1) is 13.2. The Labute approximate surface area is 168 Å². The molecule has 1 spiro atoms. The molecule has 1 aromatic rings. The third-order valence-electron chi connectivity index (χ3n) is 6.66. The Kier molecular flexibility index (Phi) is 4.71. The summed E-state index contributed by atoms with van der Waals surface area (Å²) in [6, 6.07) is 4.43. The molecular weight excluding hydrogens is 352 g/mol. The minimum atomic E-state index is -0.580. The van der Waals surface area contributed by atoms with Gasteiger partial charge in [-0.05, 0) is 63.1 Å². The minimum Gasteiger partial charge on any atom is -0.500 e. The van der Waals surface area contributed by atoms with E-state index in [-0.39, 0.29) is 23.2 Å². The molecule has 2 aliphatic carbocycles. The largest absolute Gasteiger partial charge is 0.500 e. The third kappa shape index (κ3) is 2.93. The van der Waals surface area contributed by atoms with Gasteiger partial charge in [-0.3, -0.25) is 4.79 Å². The highest BCUT2D eigenvalue weighted by Gasteiger charge is 2.60. The Balaban J connectivity index is 1.79. The molecule has 0 aromatic heterocycles. The van der Waals surface area contributed by atoms with Crippen molar-refractivity contribution in [2.45, 2.75) is 71.7 Å². The van der Waals surface area contributed by atoms with Gasteiger partial charge in [-0.2, -0.15) is 0 Å². The van der Waals surface area contributed by atoms with Crippen LogP contribution in [-0.2, 0) is 31.8 Å². The minimum absolute atomic E-state index is 0.0711. The topological polar surface area (TPSA) is 44.8 Å². The Bertz CT molecular complexity index is 825. The fraction of sp³-hybridized carbons (Fsp3) is 0.625. The van der Waals surface area contributed by atoms with Gasteiger partial charge in [0.25, 0.3) is 0 Å². The van der Waals surface area contributed by atoms with Crippen LogP contribution < -0.4 is 0 Å². The van der Waals surface area contributed by atoms with Crippen LogP contribution in [0.4, 0.5) is 0 Å². The van der Waals surface area contributed by atoms with Crippen LogP contribution in [0.15, 0.2) is 17.9 Å². The molecule has 0 radical (unpaired) electrons. The van der Waals surface area contributed by atoms with Crippen LogP contribution in [0, 0.1) is 18.8 Å². The number of Topliss-reactive ketones (excluding diaryl/α,β-unsaturated/α-hetero) is 1. The standard InChI is InChI=1S/C24H32O4/c1-7-15-9-14(3)10-16(8-2)19(15)20-21(25)17-11-24(12-18(17)22(20)26-6)13-27-23(4,5)28-24/h9-10,17-18H,7-8,11-13H2,1-6H3. The number of allylic oxidation sites excluding steroid dienone is 2. The molecule has 152 valence electrons. The number of methoxy groups -OCH3 is 1. The van der Waals surface area contributed by atoms with Gasteiger partial charge in [-0.1, -0.05) is 31.5 Å². The van der Waals surface area contributed by atoms with Crippen LogP contribution in [0.25, 0.3) is 5.57 Å². The van der Waals surface area contributed by atoms with E-state index in [9.17, 15) is 4.79 Å². The van der Waals surface area contributed by atoms with Gasteiger partial charge in [0.05, 0.1) is 24.9 Å². The number of rotatable bonds is 4. The molecule has 0 amide bonds. The molecule has 4 nitrogen and oxygen atoms in total. The molecule has 0 bridgehead atoms. The lowest BCUT2D eigenvalue weighted by Gasteiger charge is -2.26. The van der Waals surface area contributed by atoms with Gasteiger partial charge < -0.3 is 14.2 Å². The van der Waals surface area contributed by atoms with E-state index in [0.29, 0.717) is 13.0 Å². The number of carbonyl (C=O) groups excluding carboxylic acids is 1. The second-order valence-electron chi connectivity index (χ2n) is 9.07. The number of benzene rings is 1. The van der Waals surface area contributed by atoms with E-state index in [0.717, 1.165) is 36.2 Å². The van der Waals surface area contributed by atoms with E-state index in [1.165, 1.54) is 16.7 Å². The normalized spacial score (nSPS) is 31.1. The number of ether oxygens (including phenoxy) is 3. The van der Waals surface area contributed by atoms with Gasteiger partial charge in [-0.25, -0.2) is 0 Å². The average Bonchev–Trinajstić information content (AvgIpc) is 3.24. The predicted octanol–water partition coefficient (Wildman–Crippen LogP) is 4.61. The van der Waals surface area contributed by atoms with Crippen molar-refractivity contribution < 1.29 is 19.0 Å². The summed E-state index contributed by atoms with van der Waals surface area (Å²) in [5, 5.41) is 0. The summed E-state index contributed by atoms with van der Waals surface area (Å²) in [5.74, 6) is 0.510. The molecule has 0 N–H and O–H groups in total. The first-order valence-electron chi connectivity index (χ1n) is 10.5. The summed E-state index contributed by atoms with van der Waals surface area (Å²) in [6.07, 6.45) is 3.31. The van der Waals surface area contributed by atoms with Crippen LogP contribution in [0.5, 0.6) is 0 Å². The van der Waals surface area contributed by atoms with Gasteiger partial charge >= 0.3 is 0 Å². The van der Waals surface area contributed by atoms with Crippen molar-refractivity contribution in [2.75, 3.05) is 13.7 Å². The van der Waals surface area contributed by atoms with Gasteiger partial charge in [0.2, 0.25) is 0 Å². The van der Waals surface area contributed by atoms with Crippen LogP contribution >= 0.6 is 0 Å². The van der Waals surface area contributed by atoms with Crippen molar-refractivity contribution in [1.29, 1.82) is 0 Å². The van der Waals surface area contributed by atoms with Crippen LogP contribution in [-0.4, -0.2) is 30.9 Å². The summed E-state index contributed by atoms with van der Waals surface area (Å²) in [4.78, 5) is 13.6. The maximum absolute atomic E-state index is 13.6. The number of aryl methyl sites for hydroxylation is 3. The zero-order chi connectivity index (χ0) is 20.3. The number of ketones is 1. The fourth-order valence-corrected chi connectivity index (χ4v) is 5.62. The van der Waals surface area contributed by atoms with E-state index >= 15 is 0 Å². The van der Waals surface area contributed by atoms with E-state index in [1.54, 1.807) is 7.11 Å². The van der Waals surface area contributed by atoms with Gasteiger partial charge in [0, 0.05) is 11.8 Å². The average molecular weight is 385 g/mol. The second-order valence-corrected chi connectivity index (χ2v) is 9.07. The molecule has 4 heteroatoms. The van der Waals surface area contributed by atoms with Gasteiger partial charge in [-0.15, -0.1) is 0 Å². The Hall–Kier alpha value is -1.65. The zero-order valence-corrected chi connectivity index (χ0v) is 18.0. The SMILES string of the molecule is CCc1cc(C)cc(CC)c1C1=C(OC)C2CC3(COC(C)(C)O3)CC2C1=O. The van der Waals surface area contributed by atoms with Crippen molar-refractivity contribution in [3.63, 3.8) is 0 Å². The second kappa shape index (κ2) is 6.70.